The molecular weight excluding hydrogens is 430 g/mol. The smallest absolute Gasteiger partial charge is 0.257 e. The molecule has 3 aromatic rings. The summed E-state index contributed by atoms with van der Waals surface area (Å²) < 4.78 is 7.31. The van der Waals surface area contributed by atoms with E-state index in [2.05, 4.69) is 33.1 Å². The van der Waals surface area contributed by atoms with Gasteiger partial charge in [0.25, 0.3) is 5.91 Å². The van der Waals surface area contributed by atoms with E-state index in [1.54, 1.807) is 34.6 Å². The first-order valence-corrected chi connectivity index (χ1v) is 11.5. The third-order valence-electron chi connectivity index (χ3n) is 4.24. The van der Waals surface area contributed by atoms with Crippen LogP contribution >= 0.6 is 24.0 Å². The van der Waals surface area contributed by atoms with Crippen LogP contribution in [0.15, 0.2) is 59.8 Å². The molecule has 3 rings (SSSR count). The zero-order valence-electron chi connectivity index (χ0n) is 17.5. The predicted molar refractivity (Wildman–Crippen MR) is 127 cm³/mol. The number of aromatic nitrogens is 3. The zero-order chi connectivity index (χ0) is 22.1. The lowest BCUT2D eigenvalue weighted by atomic mass is 10.2. The molecule has 0 radical (unpaired) electrons. The van der Waals surface area contributed by atoms with Crippen LogP contribution in [0.2, 0.25) is 0 Å². The molecule has 1 heterocycles. The Morgan fingerprint density at radius 2 is 1.94 bits per heavy atom. The van der Waals surface area contributed by atoms with Crippen molar-refractivity contribution in [1.82, 2.24) is 20.2 Å². The molecule has 0 atom stereocenters. The Morgan fingerprint density at radius 1 is 1.13 bits per heavy atom. The Kier molecular flexibility index (Phi) is 8.43. The number of ether oxygens (including phenoxy) is 1. The molecule has 2 N–H and O–H groups in total. The Hall–Kier alpha value is -2.91. The maximum atomic E-state index is 12.6. The minimum absolute atomic E-state index is 0.168. The van der Waals surface area contributed by atoms with Crippen LogP contribution in [0.3, 0.4) is 0 Å². The third kappa shape index (κ3) is 6.53. The van der Waals surface area contributed by atoms with Crippen LogP contribution in [-0.4, -0.2) is 32.5 Å². The van der Waals surface area contributed by atoms with Gasteiger partial charge in [0.2, 0.25) is 5.16 Å². The van der Waals surface area contributed by atoms with Crippen molar-refractivity contribution in [2.24, 2.45) is 0 Å². The van der Waals surface area contributed by atoms with E-state index in [1.165, 1.54) is 5.56 Å². The molecule has 2 aromatic carbocycles. The summed E-state index contributed by atoms with van der Waals surface area (Å²) in [5, 5.41) is 12.0. The van der Waals surface area contributed by atoms with Crippen LogP contribution in [0.1, 0.15) is 42.0 Å². The molecule has 0 fully saturated rings. The summed E-state index contributed by atoms with van der Waals surface area (Å²) in [5.74, 6) is 1.81. The predicted octanol–water partition coefficient (Wildman–Crippen LogP) is 4.18. The van der Waals surface area contributed by atoms with Crippen molar-refractivity contribution in [2.75, 3.05) is 12.0 Å². The van der Waals surface area contributed by atoms with Crippen molar-refractivity contribution < 1.29 is 9.53 Å². The van der Waals surface area contributed by atoms with Crippen LogP contribution in [0.25, 0.3) is 0 Å². The molecule has 0 unspecified atom stereocenters. The van der Waals surface area contributed by atoms with Gasteiger partial charge in [0, 0.05) is 17.7 Å². The summed E-state index contributed by atoms with van der Waals surface area (Å²) in [5.41, 5.74) is 4.69. The van der Waals surface area contributed by atoms with Gasteiger partial charge in [0.1, 0.15) is 5.75 Å². The van der Waals surface area contributed by atoms with Crippen molar-refractivity contribution in [3.05, 3.63) is 71.5 Å². The average Bonchev–Trinajstić information content (AvgIpc) is 3.18. The van der Waals surface area contributed by atoms with E-state index in [0.29, 0.717) is 29.5 Å². The number of benzene rings is 2. The van der Waals surface area contributed by atoms with Crippen LogP contribution in [0.5, 0.6) is 5.75 Å². The maximum absolute atomic E-state index is 12.6. The van der Waals surface area contributed by atoms with E-state index in [1.807, 2.05) is 38.1 Å². The van der Waals surface area contributed by atoms with E-state index < -0.39 is 0 Å². The second-order valence-corrected chi connectivity index (χ2v) is 7.98. The van der Waals surface area contributed by atoms with E-state index >= 15 is 0 Å². The number of carbonyl (C=O) groups is 1. The second-order valence-electron chi connectivity index (χ2n) is 6.63. The fourth-order valence-electron chi connectivity index (χ4n) is 2.71. The lowest BCUT2D eigenvalue weighted by molar-refractivity contribution is 0.0977. The van der Waals surface area contributed by atoms with E-state index in [-0.39, 0.29) is 11.0 Å². The SMILES string of the molecule is CCCOc1cccc(C(=O)NC(=S)Nn2c(CC)nnc2SCc2ccccc2)c1. The van der Waals surface area contributed by atoms with Crippen molar-refractivity contribution in [3.8, 4) is 5.75 Å². The minimum atomic E-state index is -0.316. The highest BCUT2D eigenvalue weighted by Crippen LogP contribution is 2.21. The molecule has 9 heteroatoms. The molecule has 0 saturated carbocycles. The van der Waals surface area contributed by atoms with Gasteiger partial charge in [0.15, 0.2) is 10.9 Å². The Morgan fingerprint density at radius 3 is 2.68 bits per heavy atom. The molecule has 0 aliphatic carbocycles. The Labute approximate surface area is 191 Å². The number of thiocarbonyl (C=S) groups is 1. The fraction of sp³-hybridized carbons (Fsp3) is 0.273. The van der Waals surface area contributed by atoms with Gasteiger partial charge in [-0.3, -0.25) is 15.5 Å². The normalized spacial score (nSPS) is 10.5. The largest absolute Gasteiger partial charge is 0.494 e. The number of rotatable bonds is 9. The molecule has 1 amide bonds. The Bertz CT molecular complexity index is 1020. The van der Waals surface area contributed by atoms with Crippen LogP contribution < -0.4 is 15.5 Å². The van der Waals surface area contributed by atoms with E-state index in [4.69, 9.17) is 17.0 Å². The number of hydrogen-bond acceptors (Lipinski definition) is 6. The number of amides is 1. The molecule has 31 heavy (non-hydrogen) atoms. The summed E-state index contributed by atoms with van der Waals surface area (Å²) in [4.78, 5) is 12.6. The minimum Gasteiger partial charge on any atom is -0.494 e. The van der Waals surface area contributed by atoms with Gasteiger partial charge in [-0.25, -0.2) is 4.68 Å². The summed E-state index contributed by atoms with van der Waals surface area (Å²) >= 11 is 6.91. The monoisotopic (exact) mass is 455 g/mol. The zero-order valence-corrected chi connectivity index (χ0v) is 19.1. The first-order chi connectivity index (χ1) is 15.1. The second kappa shape index (κ2) is 11.5. The number of hydrogen-bond donors (Lipinski definition) is 2. The van der Waals surface area contributed by atoms with Crippen molar-refractivity contribution >= 4 is 35.0 Å². The number of carbonyl (C=O) groups excluding carboxylic acids is 1. The molecular formula is C22H25N5O2S2. The summed E-state index contributed by atoms with van der Waals surface area (Å²) in [6, 6.07) is 17.1. The van der Waals surface area contributed by atoms with Crippen molar-refractivity contribution in [1.29, 1.82) is 0 Å². The van der Waals surface area contributed by atoms with Gasteiger partial charge >= 0.3 is 0 Å². The summed E-state index contributed by atoms with van der Waals surface area (Å²) in [6.45, 7) is 4.61. The standard InChI is InChI=1S/C22H25N5O2S2/c1-3-13-29-18-12-8-11-17(14-18)20(28)23-21(30)26-27-19(4-2)24-25-22(27)31-15-16-9-6-5-7-10-16/h5-12,14H,3-4,13,15H2,1-2H3,(H2,23,26,28,30). The molecule has 0 aliphatic rings. The average molecular weight is 456 g/mol. The summed E-state index contributed by atoms with van der Waals surface area (Å²) in [7, 11) is 0. The molecule has 7 nitrogen and oxygen atoms in total. The maximum Gasteiger partial charge on any atom is 0.257 e. The first-order valence-electron chi connectivity index (χ1n) is 10.1. The molecule has 0 aliphatic heterocycles. The van der Waals surface area contributed by atoms with Gasteiger partial charge in [-0.2, -0.15) is 0 Å². The van der Waals surface area contributed by atoms with Gasteiger partial charge in [0.05, 0.1) is 6.61 Å². The van der Waals surface area contributed by atoms with Crippen molar-refractivity contribution in [2.45, 2.75) is 37.6 Å². The number of nitrogens with zero attached hydrogens (tertiary/aromatic N) is 3. The lowest BCUT2D eigenvalue weighted by Gasteiger charge is -2.14. The van der Waals surface area contributed by atoms with Gasteiger partial charge in [-0.1, -0.05) is 62.0 Å². The quantitative estimate of drug-likeness (QED) is 0.370. The van der Waals surface area contributed by atoms with Crippen LogP contribution in [0, 0.1) is 0 Å². The van der Waals surface area contributed by atoms with Gasteiger partial charge in [-0.15, -0.1) is 10.2 Å². The van der Waals surface area contributed by atoms with E-state index in [0.717, 1.165) is 18.0 Å². The molecule has 0 spiro atoms. The van der Waals surface area contributed by atoms with Crippen LogP contribution in [0.4, 0.5) is 0 Å². The van der Waals surface area contributed by atoms with Crippen LogP contribution in [-0.2, 0) is 12.2 Å². The third-order valence-corrected chi connectivity index (χ3v) is 5.43. The highest BCUT2D eigenvalue weighted by atomic mass is 32.2. The topological polar surface area (TPSA) is 81.1 Å². The molecule has 0 saturated heterocycles. The lowest BCUT2D eigenvalue weighted by Crippen LogP contribution is -2.38. The molecule has 1 aromatic heterocycles. The fourth-order valence-corrected chi connectivity index (χ4v) is 3.76. The summed E-state index contributed by atoms with van der Waals surface area (Å²) in [6.07, 6.45) is 1.56. The van der Waals surface area contributed by atoms with Gasteiger partial charge < -0.3 is 4.74 Å². The first kappa shape index (κ1) is 22.8. The Balaban J connectivity index is 1.64. The number of thioether (sulfide) groups is 1. The molecule has 0 bridgehead atoms. The highest BCUT2D eigenvalue weighted by Gasteiger charge is 2.15. The number of nitrogens with one attached hydrogen (secondary N) is 2. The molecule has 162 valence electrons. The number of aryl methyl sites for hydroxylation is 1. The van der Waals surface area contributed by atoms with Gasteiger partial charge in [-0.05, 0) is 42.4 Å². The van der Waals surface area contributed by atoms with Crippen molar-refractivity contribution in [3.63, 3.8) is 0 Å². The highest BCUT2D eigenvalue weighted by molar-refractivity contribution is 7.98. The van der Waals surface area contributed by atoms with E-state index in [9.17, 15) is 4.79 Å².